The number of fused-ring (bicyclic) bond motifs is 1. The maximum absolute atomic E-state index is 9.75. The Hall–Kier alpha value is -1.81. The van der Waals surface area contributed by atoms with Crippen molar-refractivity contribution in [2.24, 2.45) is 0 Å². The Kier molecular flexibility index (Phi) is 2.80. The molecule has 0 bridgehead atoms. The number of benzene rings is 1. The highest BCUT2D eigenvalue weighted by Gasteiger charge is 2.20. The summed E-state index contributed by atoms with van der Waals surface area (Å²) >= 11 is 0. The molecule has 3 rings (SSSR count). The fourth-order valence-corrected chi connectivity index (χ4v) is 2.54. The lowest BCUT2D eigenvalue weighted by atomic mass is 10.1. The second-order valence-corrected chi connectivity index (χ2v) is 4.78. The van der Waals surface area contributed by atoms with Crippen LogP contribution in [-0.2, 0) is 0 Å². The van der Waals surface area contributed by atoms with Gasteiger partial charge in [0, 0.05) is 24.7 Å². The first-order valence-corrected chi connectivity index (χ1v) is 6.25. The van der Waals surface area contributed by atoms with Gasteiger partial charge in [-0.25, -0.2) is 4.98 Å². The van der Waals surface area contributed by atoms with Crippen LogP contribution in [0.5, 0.6) is 5.75 Å². The van der Waals surface area contributed by atoms with Gasteiger partial charge in [0.05, 0.1) is 6.10 Å². The highest BCUT2D eigenvalue weighted by atomic mass is 16.3. The predicted molar refractivity (Wildman–Crippen MR) is 70.9 cm³/mol. The Balaban J connectivity index is 2.07. The number of aromatic nitrogens is 1. The Morgan fingerprint density at radius 1 is 1.28 bits per heavy atom. The monoisotopic (exact) mass is 244 g/mol. The minimum atomic E-state index is -0.284. The van der Waals surface area contributed by atoms with Crippen molar-refractivity contribution < 1.29 is 10.2 Å². The summed E-state index contributed by atoms with van der Waals surface area (Å²) in [6.07, 6.45) is 3.31. The molecule has 2 N–H and O–H groups in total. The summed E-state index contributed by atoms with van der Waals surface area (Å²) in [5.74, 6) is 1.09. The third-order valence-corrected chi connectivity index (χ3v) is 3.42. The Morgan fingerprint density at radius 2 is 2.17 bits per heavy atom. The Bertz CT molecular complexity index is 571. The number of aliphatic hydroxyl groups excluding tert-OH is 1. The van der Waals surface area contributed by atoms with Gasteiger partial charge in [0.15, 0.2) is 0 Å². The largest absolute Gasteiger partial charge is 0.508 e. The third kappa shape index (κ3) is 1.99. The zero-order valence-corrected chi connectivity index (χ0v) is 10.1. The van der Waals surface area contributed by atoms with Gasteiger partial charge in [-0.2, -0.15) is 0 Å². The molecule has 1 aliphatic rings. The van der Waals surface area contributed by atoms with Crippen LogP contribution in [0.1, 0.15) is 12.8 Å². The van der Waals surface area contributed by atoms with Crippen LogP contribution in [-0.4, -0.2) is 34.4 Å². The topological polar surface area (TPSA) is 56.6 Å². The van der Waals surface area contributed by atoms with Crippen LogP contribution < -0.4 is 4.90 Å². The summed E-state index contributed by atoms with van der Waals surface area (Å²) in [6.45, 7) is 1.51. The van der Waals surface area contributed by atoms with Crippen LogP contribution in [0.3, 0.4) is 0 Å². The van der Waals surface area contributed by atoms with Gasteiger partial charge in [-0.3, -0.25) is 0 Å². The molecular weight excluding hydrogens is 228 g/mol. The molecule has 0 radical (unpaired) electrons. The van der Waals surface area contributed by atoms with Crippen LogP contribution in [0.25, 0.3) is 10.8 Å². The number of aliphatic hydroxyl groups is 1. The standard InChI is InChI=1S/C14H16N2O2/c17-11-4-3-10-5-6-15-14(13(10)8-11)16-7-1-2-12(18)9-16/h3-6,8,12,17-18H,1-2,7,9H2. The maximum Gasteiger partial charge on any atom is 0.136 e. The lowest BCUT2D eigenvalue weighted by molar-refractivity contribution is 0.154. The molecule has 1 aliphatic heterocycles. The van der Waals surface area contributed by atoms with Crippen molar-refractivity contribution in [2.45, 2.75) is 18.9 Å². The summed E-state index contributed by atoms with van der Waals surface area (Å²) in [5, 5.41) is 21.3. The van der Waals surface area contributed by atoms with E-state index >= 15 is 0 Å². The number of phenols is 1. The van der Waals surface area contributed by atoms with Crippen molar-refractivity contribution in [2.75, 3.05) is 18.0 Å². The van der Waals surface area contributed by atoms with Gasteiger partial charge in [0.25, 0.3) is 0 Å². The molecule has 1 aromatic heterocycles. The molecule has 1 fully saturated rings. The number of rotatable bonds is 1. The summed E-state index contributed by atoms with van der Waals surface area (Å²) in [5.41, 5.74) is 0. The van der Waals surface area contributed by atoms with Crippen LogP contribution in [0, 0.1) is 0 Å². The van der Waals surface area contributed by atoms with E-state index in [2.05, 4.69) is 9.88 Å². The van der Waals surface area contributed by atoms with E-state index in [0.717, 1.165) is 36.0 Å². The smallest absolute Gasteiger partial charge is 0.136 e. The van der Waals surface area contributed by atoms with Crippen LogP contribution in [0.15, 0.2) is 30.5 Å². The highest BCUT2D eigenvalue weighted by molar-refractivity contribution is 5.93. The van der Waals surface area contributed by atoms with Gasteiger partial charge >= 0.3 is 0 Å². The minimum Gasteiger partial charge on any atom is -0.508 e. The molecule has 2 heterocycles. The number of β-amino-alcohol motifs (C(OH)–C–C–N with tert-alkyl or cyclic N) is 1. The molecule has 1 unspecified atom stereocenters. The molecule has 1 atom stereocenters. The first-order chi connectivity index (χ1) is 8.74. The van der Waals surface area contributed by atoms with E-state index in [-0.39, 0.29) is 11.9 Å². The van der Waals surface area contributed by atoms with E-state index in [1.165, 1.54) is 0 Å². The SMILES string of the molecule is Oc1ccc2ccnc(N3CCCC(O)C3)c2c1. The number of phenolic OH excluding ortho intramolecular Hbond substituents is 1. The molecular formula is C14H16N2O2. The minimum absolute atomic E-state index is 0.245. The molecule has 0 aliphatic carbocycles. The molecule has 1 saturated heterocycles. The van der Waals surface area contributed by atoms with Gasteiger partial charge in [-0.15, -0.1) is 0 Å². The molecule has 2 aromatic rings. The molecule has 4 heteroatoms. The van der Waals surface area contributed by atoms with Gasteiger partial charge in [0.2, 0.25) is 0 Å². The number of anilines is 1. The van der Waals surface area contributed by atoms with E-state index in [1.807, 2.05) is 12.1 Å². The van der Waals surface area contributed by atoms with Gasteiger partial charge in [-0.1, -0.05) is 6.07 Å². The molecule has 0 saturated carbocycles. The van der Waals surface area contributed by atoms with Crippen molar-refractivity contribution in [1.82, 2.24) is 4.98 Å². The van der Waals surface area contributed by atoms with E-state index in [1.54, 1.807) is 18.3 Å². The normalized spacial score (nSPS) is 20.3. The van der Waals surface area contributed by atoms with Gasteiger partial charge < -0.3 is 15.1 Å². The molecule has 18 heavy (non-hydrogen) atoms. The second-order valence-electron chi connectivity index (χ2n) is 4.78. The highest BCUT2D eigenvalue weighted by Crippen LogP contribution is 2.29. The van der Waals surface area contributed by atoms with Crippen molar-refractivity contribution in [3.63, 3.8) is 0 Å². The average Bonchev–Trinajstić information content (AvgIpc) is 2.38. The summed E-state index contributed by atoms with van der Waals surface area (Å²) in [4.78, 5) is 6.50. The quantitative estimate of drug-likeness (QED) is 0.804. The first kappa shape index (κ1) is 11.3. The number of nitrogens with zero attached hydrogens (tertiary/aromatic N) is 2. The lowest BCUT2D eigenvalue weighted by Crippen LogP contribution is -2.38. The van der Waals surface area contributed by atoms with E-state index in [9.17, 15) is 10.2 Å². The average molecular weight is 244 g/mol. The van der Waals surface area contributed by atoms with Crippen LogP contribution in [0.4, 0.5) is 5.82 Å². The summed E-state index contributed by atoms with van der Waals surface area (Å²) in [7, 11) is 0. The van der Waals surface area contributed by atoms with Crippen molar-refractivity contribution in [3.05, 3.63) is 30.5 Å². The number of piperidine rings is 1. The molecule has 4 nitrogen and oxygen atoms in total. The first-order valence-electron chi connectivity index (χ1n) is 6.25. The van der Waals surface area contributed by atoms with Crippen LogP contribution >= 0.6 is 0 Å². The molecule has 0 amide bonds. The second kappa shape index (κ2) is 4.46. The predicted octanol–water partition coefficient (Wildman–Crippen LogP) is 1.90. The Labute approximate surface area is 105 Å². The van der Waals surface area contributed by atoms with Gasteiger partial charge in [-0.05, 0) is 36.4 Å². The zero-order chi connectivity index (χ0) is 12.5. The van der Waals surface area contributed by atoms with Gasteiger partial charge in [0.1, 0.15) is 11.6 Å². The molecule has 1 aromatic carbocycles. The summed E-state index contributed by atoms with van der Waals surface area (Å²) < 4.78 is 0. The molecule has 0 spiro atoms. The number of hydrogen-bond acceptors (Lipinski definition) is 4. The number of aromatic hydroxyl groups is 1. The van der Waals surface area contributed by atoms with E-state index < -0.39 is 0 Å². The van der Waals surface area contributed by atoms with E-state index in [0.29, 0.717) is 6.54 Å². The lowest BCUT2D eigenvalue weighted by Gasteiger charge is -2.31. The van der Waals surface area contributed by atoms with Crippen LogP contribution in [0.2, 0.25) is 0 Å². The zero-order valence-electron chi connectivity index (χ0n) is 10.1. The number of pyridine rings is 1. The fraction of sp³-hybridized carbons (Fsp3) is 0.357. The third-order valence-electron chi connectivity index (χ3n) is 3.42. The fourth-order valence-electron chi connectivity index (χ4n) is 2.54. The van der Waals surface area contributed by atoms with Crippen molar-refractivity contribution in [3.8, 4) is 5.75 Å². The molecule has 94 valence electrons. The van der Waals surface area contributed by atoms with Crippen molar-refractivity contribution >= 4 is 16.6 Å². The number of hydrogen-bond donors (Lipinski definition) is 2. The Morgan fingerprint density at radius 3 is 3.00 bits per heavy atom. The summed E-state index contributed by atoms with van der Waals surface area (Å²) in [6, 6.07) is 7.23. The maximum atomic E-state index is 9.75. The van der Waals surface area contributed by atoms with Crippen molar-refractivity contribution in [1.29, 1.82) is 0 Å². The van der Waals surface area contributed by atoms with E-state index in [4.69, 9.17) is 0 Å².